The highest BCUT2D eigenvalue weighted by molar-refractivity contribution is 5.91. The van der Waals surface area contributed by atoms with E-state index in [0.717, 1.165) is 36.3 Å². The number of likely N-dealkylation sites (N-methyl/N-ethyl adjacent to an activating group) is 1. The second kappa shape index (κ2) is 12.8. The van der Waals surface area contributed by atoms with Crippen LogP contribution in [0.4, 0.5) is 4.39 Å². The van der Waals surface area contributed by atoms with E-state index in [0.29, 0.717) is 38.0 Å². The van der Waals surface area contributed by atoms with E-state index in [4.69, 9.17) is 4.42 Å². The van der Waals surface area contributed by atoms with E-state index < -0.39 is 0 Å². The standard InChI is InChI=1S/C30H38FN3O2/c1-32(2)18-19-33(21-24-10-5-3-6-11-24)30(35)29-17-16-28(36-29)23-34(27-14-7-4-8-15-27)22-25-12-9-13-26(31)20-25/h3,5-6,9-13,16-17,20,27H,4,7-8,14-15,18-19,21-23H2,1-2H3. The Bertz CT molecular complexity index is 1090. The lowest BCUT2D eigenvalue weighted by molar-refractivity contribution is 0.0692. The molecule has 1 aliphatic rings. The summed E-state index contributed by atoms with van der Waals surface area (Å²) in [5.41, 5.74) is 2.05. The van der Waals surface area contributed by atoms with Gasteiger partial charge in [0.25, 0.3) is 5.91 Å². The lowest BCUT2D eigenvalue weighted by Gasteiger charge is -2.34. The Hall–Kier alpha value is -2.96. The minimum absolute atomic E-state index is 0.0960. The molecule has 2 aromatic carbocycles. The largest absolute Gasteiger partial charge is 0.455 e. The molecule has 5 nitrogen and oxygen atoms in total. The van der Waals surface area contributed by atoms with Crippen molar-refractivity contribution in [3.63, 3.8) is 0 Å². The zero-order chi connectivity index (χ0) is 25.3. The number of carbonyl (C=O) groups excluding carboxylic acids is 1. The smallest absolute Gasteiger partial charge is 0.289 e. The Morgan fingerprint density at radius 3 is 2.33 bits per heavy atom. The monoisotopic (exact) mass is 491 g/mol. The van der Waals surface area contributed by atoms with Gasteiger partial charge in [0.05, 0.1) is 6.54 Å². The van der Waals surface area contributed by atoms with Gasteiger partial charge in [-0.1, -0.05) is 61.7 Å². The number of benzene rings is 2. The Kier molecular flexibility index (Phi) is 9.31. The van der Waals surface area contributed by atoms with Crippen LogP contribution in [0, 0.1) is 5.82 Å². The molecule has 1 aromatic heterocycles. The van der Waals surface area contributed by atoms with Gasteiger partial charge in [0.15, 0.2) is 5.76 Å². The first kappa shape index (κ1) is 26.1. The summed E-state index contributed by atoms with van der Waals surface area (Å²) < 4.78 is 20.0. The van der Waals surface area contributed by atoms with Gasteiger partial charge in [-0.15, -0.1) is 0 Å². The van der Waals surface area contributed by atoms with Crippen LogP contribution in [0.1, 0.15) is 59.5 Å². The van der Waals surface area contributed by atoms with Crippen molar-refractivity contribution in [1.82, 2.24) is 14.7 Å². The number of nitrogens with zero attached hydrogens (tertiary/aromatic N) is 3. The van der Waals surface area contributed by atoms with Gasteiger partial charge in [0, 0.05) is 32.2 Å². The van der Waals surface area contributed by atoms with Crippen molar-refractivity contribution in [2.45, 2.75) is 57.8 Å². The third-order valence-corrected chi connectivity index (χ3v) is 6.92. The van der Waals surface area contributed by atoms with Gasteiger partial charge < -0.3 is 14.2 Å². The van der Waals surface area contributed by atoms with E-state index in [1.807, 2.05) is 61.5 Å². The van der Waals surface area contributed by atoms with Gasteiger partial charge in [0.1, 0.15) is 11.6 Å². The first-order valence-electron chi connectivity index (χ1n) is 13.0. The number of hydrogen-bond donors (Lipinski definition) is 0. The maximum absolute atomic E-state index is 13.8. The van der Waals surface area contributed by atoms with Gasteiger partial charge in [-0.25, -0.2) is 4.39 Å². The predicted octanol–water partition coefficient (Wildman–Crippen LogP) is 5.96. The van der Waals surface area contributed by atoms with Gasteiger partial charge in [-0.3, -0.25) is 9.69 Å². The summed E-state index contributed by atoms with van der Waals surface area (Å²) in [6.45, 7) is 3.19. The molecule has 1 aliphatic carbocycles. The van der Waals surface area contributed by atoms with Gasteiger partial charge >= 0.3 is 0 Å². The summed E-state index contributed by atoms with van der Waals surface area (Å²) in [6.07, 6.45) is 5.97. The average Bonchev–Trinajstić information content (AvgIpc) is 3.35. The molecule has 192 valence electrons. The predicted molar refractivity (Wildman–Crippen MR) is 141 cm³/mol. The van der Waals surface area contributed by atoms with Crippen molar-refractivity contribution in [1.29, 1.82) is 0 Å². The molecule has 36 heavy (non-hydrogen) atoms. The molecule has 4 rings (SSSR count). The number of halogens is 1. The maximum atomic E-state index is 13.8. The lowest BCUT2D eigenvalue weighted by Crippen LogP contribution is -2.36. The normalized spacial score (nSPS) is 14.5. The molecule has 0 bridgehead atoms. The topological polar surface area (TPSA) is 39.9 Å². The molecule has 0 saturated heterocycles. The van der Waals surface area contributed by atoms with Crippen molar-refractivity contribution in [3.8, 4) is 0 Å². The first-order valence-corrected chi connectivity index (χ1v) is 13.0. The number of hydrogen-bond acceptors (Lipinski definition) is 4. The molecular weight excluding hydrogens is 453 g/mol. The van der Waals surface area contributed by atoms with Crippen LogP contribution in [0.3, 0.4) is 0 Å². The van der Waals surface area contributed by atoms with Crippen LogP contribution < -0.4 is 0 Å². The zero-order valence-electron chi connectivity index (χ0n) is 21.5. The molecule has 6 heteroatoms. The molecule has 1 saturated carbocycles. The fourth-order valence-corrected chi connectivity index (χ4v) is 4.94. The Morgan fingerprint density at radius 2 is 1.61 bits per heavy atom. The van der Waals surface area contributed by atoms with Crippen LogP contribution >= 0.6 is 0 Å². The Labute approximate surface area is 214 Å². The van der Waals surface area contributed by atoms with Crippen LogP contribution in [-0.2, 0) is 19.6 Å². The van der Waals surface area contributed by atoms with Crippen molar-refractivity contribution < 1.29 is 13.6 Å². The van der Waals surface area contributed by atoms with Crippen LogP contribution in [0.15, 0.2) is 71.1 Å². The van der Waals surface area contributed by atoms with Crippen molar-refractivity contribution in [2.75, 3.05) is 27.2 Å². The second-order valence-corrected chi connectivity index (χ2v) is 10.1. The summed E-state index contributed by atoms with van der Waals surface area (Å²) in [5, 5.41) is 0. The third-order valence-electron chi connectivity index (χ3n) is 6.92. The molecule has 1 fully saturated rings. The van der Waals surface area contributed by atoms with Crippen LogP contribution in [0.2, 0.25) is 0 Å². The highest BCUT2D eigenvalue weighted by Crippen LogP contribution is 2.26. The fraction of sp³-hybridized carbons (Fsp3) is 0.433. The Balaban J connectivity index is 1.48. The molecule has 1 amide bonds. The molecule has 0 aliphatic heterocycles. The van der Waals surface area contributed by atoms with Gasteiger partial charge in [0.2, 0.25) is 0 Å². The number of rotatable bonds is 11. The maximum Gasteiger partial charge on any atom is 0.289 e. The molecule has 0 unspecified atom stereocenters. The lowest BCUT2D eigenvalue weighted by atomic mass is 9.93. The van der Waals surface area contributed by atoms with E-state index in [1.165, 1.54) is 25.3 Å². The van der Waals surface area contributed by atoms with Crippen molar-refractivity contribution >= 4 is 5.91 Å². The van der Waals surface area contributed by atoms with Crippen LogP contribution in [-0.4, -0.2) is 53.8 Å². The summed E-state index contributed by atoms with van der Waals surface area (Å²) in [5.74, 6) is 0.834. The van der Waals surface area contributed by atoms with E-state index in [9.17, 15) is 9.18 Å². The highest BCUT2D eigenvalue weighted by Gasteiger charge is 2.24. The molecule has 0 radical (unpaired) electrons. The highest BCUT2D eigenvalue weighted by atomic mass is 19.1. The zero-order valence-corrected chi connectivity index (χ0v) is 21.5. The molecule has 0 spiro atoms. The first-order chi connectivity index (χ1) is 17.5. The minimum atomic E-state index is -0.210. The summed E-state index contributed by atoms with van der Waals surface area (Å²) in [7, 11) is 4.02. The van der Waals surface area contributed by atoms with E-state index in [-0.39, 0.29) is 11.7 Å². The third kappa shape index (κ3) is 7.52. The molecule has 0 N–H and O–H groups in total. The van der Waals surface area contributed by atoms with Crippen LogP contribution in [0.25, 0.3) is 0 Å². The van der Waals surface area contributed by atoms with E-state index in [2.05, 4.69) is 9.80 Å². The minimum Gasteiger partial charge on any atom is -0.455 e. The van der Waals surface area contributed by atoms with Crippen molar-refractivity contribution in [2.24, 2.45) is 0 Å². The number of amides is 1. The van der Waals surface area contributed by atoms with E-state index in [1.54, 1.807) is 18.2 Å². The molecular formula is C30H38FN3O2. The van der Waals surface area contributed by atoms with Gasteiger partial charge in [-0.05, 0) is 62.3 Å². The SMILES string of the molecule is CN(C)CCN(Cc1ccccc1)C(=O)c1ccc(CN(Cc2cccc(F)c2)C2CCCCC2)o1. The summed E-state index contributed by atoms with van der Waals surface area (Å²) >= 11 is 0. The quantitative estimate of drug-likeness (QED) is 0.332. The second-order valence-electron chi connectivity index (χ2n) is 10.1. The fourth-order valence-electron chi connectivity index (χ4n) is 4.94. The number of furan rings is 1. The average molecular weight is 492 g/mol. The molecule has 3 aromatic rings. The molecule has 0 atom stereocenters. The Morgan fingerprint density at radius 1 is 0.861 bits per heavy atom. The van der Waals surface area contributed by atoms with Crippen LogP contribution in [0.5, 0.6) is 0 Å². The van der Waals surface area contributed by atoms with Gasteiger partial charge in [-0.2, -0.15) is 0 Å². The summed E-state index contributed by atoms with van der Waals surface area (Å²) in [4.78, 5) is 19.8. The summed E-state index contributed by atoms with van der Waals surface area (Å²) in [6, 6.07) is 21.0. The van der Waals surface area contributed by atoms with E-state index >= 15 is 0 Å². The van der Waals surface area contributed by atoms with Crippen molar-refractivity contribution in [3.05, 3.63) is 95.2 Å². The molecule has 1 heterocycles. The number of carbonyl (C=O) groups is 1.